The molecule has 6 nitrogen and oxygen atoms in total. The van der Waals surface area contributed by atoms with Gasteiger partial charge in [0.1, 0.15) is 5.69 Å². The van der Waals surface area contributed by atoms with E-state index >= 15 is 0 Å². The van der Waals surface area contributed by atoms with Crippen LogP contribution in [-0.4, -0.2) is 41.1 Å². The molecular formula is C13H18F3N3O3. The molecule has 0 radical (unpaired) electrons. The maximum absolute atomic E-state index is 12.2. The lowest BCUT2D eigenvalue weighted by atomic mass is 9.88. The van der Waals surface area contributed by atoms with Crippen molar-refractivity contribution in [1.82, 2.24) is 10.2 Å². The number of carbonyl (C=O) groups is 1. The van der Waals surface area contributed by atoms with Crippen molar-refractivity contribution in [2.45, 2.75) is 38.5 Å². The highest BCUT2D eigenvalue weighted by atomic mass is 19.4. The van der Waals surface area contributed by atoms with Crippen molar-refractivity contribution < 1.29 is 27.4 Å². The molecule has 1 atom stereocenters. The van der Waals surface area contributed by atoms with E-state index in [0.717, 1.165) is 12.8 Å². The second kappa shape index (κ2) is 6.15. The number of anilines is 1. The van der Waals surface area contributed by atoms with Crippen molar-refractivity contribution in [2.75, 3.05) is 18.5 Å². The largest absolute Gasteiger partial charge is 0.491 e. The predicted octanol–water partition coefficient (Wildman–Crippen LogP) is 2.49. The minimum Gasteiger partial charge on any atom is -0.397 e. The van der Waals surface area contributed by atoms with E-state index in [1.54, 1.807) is 0 Å². The second-order valence-corrected chi connectivity index (χ2v) is 5.84. The molecule has 0 aromatic carbocycles. The molecule has 124 valence electrons. The van der Waals surface area contributed by atoms with Crippen molar-refractivity contribution in [2.24, 2.45) is 5.92 Å². The van der Waals surface area contributed by atoms with E-state index in [1.807, 2.05) is 13.8 Å². The molecule has 0 bridgehead atoms. The summed E-state index contributed by atoms with van der Waals surface area (Å²) in [5.41, 5.74) is 0.00828. The topological polar surface area (TPSA) is 76.2 Å². The Morgan fingerprint density at radius 3 is 2.95 bits per heavy atom. The molecule has 1 aliphatic rings. The van der Waals surface area contributed by atoms with Gasteiger partial charge in [0.25, 0.3) is 5.88 Å². The van der Waals surface area contributed by atoms with Crippen LogP contribution < -0.4 is 10.1 Å². The summed E-state index contributed by atoms with van der Waals surface area (Å²) in [6.07, 6.45) is -2.02. The molecule has 1 aromatic heterocycles. The van der Waals surface area contributed by atoms with E-state index in [4.69, 9.17) is 4.74 Å². The summed E-state index contributed by atoms with van der Waals surface area (Å²) in [6, 6.07) is 0. The zero-order valence-corrected chi connectivity index (χ0v) is 12.3. The number of esters is 1. The van der Waals surface area contributed by atoms with Crippen LogP contribution >= 0.6 is 0 Å². The summed E-state index contributed by atoms with van der Waals surface area (Å²) < 4.78 is 46.4. The third-order valence-corrected chi connectivity index (χ3v) is 3.41. The molecule has 1 fully saturated rings. The molecule has 0 saturated carbocycles. The summed E-state index contributed by atoms with van der Waals surface area (Å²) >= 11 is 0. The van der Waals surface area contributed by atoms with Gasteiger partial charge in [-0.2, -0.15) is 13.2 Å². The Bertz CT molecular complexity index is 528. The Balaban J connectivity index is 1.92. The number of hydrogen-bond acceptors (Lipinski definition) is 5. The van der Waals surface area contributed by atoms with Gasteiger partial charge in [0.2, 0.25) is 0 Å². The fraction of sp³-hybridized carbons (Fsp3) is 0.692. The number of ether oxygens (including phenoxy) is 2. The number of alkyl halides is 3. The van der Waals surface area contributed by atoms with Crippen LogP contribution in [0.1, 0.15) is 26.7 Å². The first-order chi connectivity index (χ1) is 10.2. The number of aromatic amines is 1. The minimum absolute atomic E-state index is 0.216. The molecular weight excluding hydrogens is 303 g/mol. The van der Waals surface area contributed by atoms with Crippen LogP contribution in [0.5, 0.6) is 5.88 Å². The van der Waals surface area contributed by atoms with E-state index < -0.39 is 18.0 Å². The van der Waals surface area contributed by atoms with Gasteiger partial charge in [-0.15, -0.1) is 5.10 Å². The van der Waals surface area contributed by atoms with Crippen molar-refractivity contribution in [3.8, 4) is 5.88 Å². The van der Waals surface area contributed by atoms with Crippen LogP contribution in [0.4, 0.5) is 18.9 Å². The zero-order valence-electron chi connectivity index (χ0n) is 12.3. The molecule has 2 N–H and O–H groups in total. The van der Waals surface area contributed by atoms with Gasteiger partial charge in [0, 0.05) is 19.3 Å². The van der Waals surface area contributed by atoms with Gasteiger partial charge in [-0.1, -0.05) is 0 Å². The molecule has 1 saturated heterocycles. The van der Waals surface area contributed by atoms with E-state index in [0.29, 0.717) is 19.1 Å². The molecule has 1 aliphatic heterocycles. The molecule has 1 aromatic rings. The fourth-order valence-corrected chi connectivity index (χ4v) is 2.41. The lowest BCUT2D eigenvalue weighted by Crippen LogP contribution is -2.36. The highest BCUT2D eigenvalue weighted by molar-refractivity contribution is 5.79. The van der Waals surface area contributed by atoms with Crippen molar-refractivity contribution >= 4 is 11.7 Å². The Labute approximate surface area is 125 Å². The van der Waals surface area contributed by atoms with Crippen LogP contribution in [0.25, 0.3) is 0 Å². The summed E-state index contributed by atoms with van der Waals surface area (Å²) in [6.45, 7) is 5.16. The Morgan fingerprint density at radius 1 is 1.59 bits per heavy atom. The quantitative estimate of drug-likeness (QED) is 0.833. The second-order valence-electron chi connectivity index (χ2n) is 5.84. The SMILES string of the molecule is CC1(C)C[C@@H](CNc2c[nH]nc2OC(=O)C(F)(F)F)CCO1. The first-order valence-electron chi connectivity index (χ1n) is 6.88. The maximum Gasteiger partial charge on any atom is 0.491 e. The van der Waals surface area contributed by atoms with Gasteiger partial charge >= 0.3 is 12.1 Å². The molecule has 22 heavy (non-hydrogen) atoms. The monoisotopic (exact) mass is 321 g/mol. The number of nitrogens with one attached hydrogen (secondary N) is 2. The predicted molar refractivity (Wildman–Crippen MR) is 71.5 cm³/mol. The third kappa shape index (κ3) is 4.36. The van der Waals surface area contributed by atoms with Gasteiger partial charge < -0.3 is 14.8 Å². The van der Waals surface area contributed by atoms with Crippen LogP contribution in [0.2, 0.25) is 0 Å². The highest BCUT2D eigenvalue weighted by Gasteiger charge is 2.42. The molecule has 2 rings (SSSR count). The van der Waals surface area contributed by atoms with Gasteiger partial charge in [0.05, 0.1) is 5.60 Å². The fourth-order valence-electron chi connectivity index (χ4n) is 2.41. The summed E-state index contributed by atoms with van der Waals surface area (Å²) in [4.78, 5) is 10.8. The Morgan fingerprint density at radius 2 is 2.32 bits per heavy atom. The Hall–Kier alpha value is -1.77. The molecule has 0 unspecified atom stereocenters. The van der Waals surface area contributed by atoms with Crippen molar-refractivity contribution in [1.29, 1.82) is 0 Å². The summed E-state index contributed by atoms with van der Waals surface area (Å²) in [5, 5.41) is 8.85. The minimum atomic E-state index is -5.05. The zero-order chi connectivity index (χ0) is 16.4. The number of rotatable bonds is 4. The first kappa shape index (κ1) is 16.6. The molecule has 0 spiro atoms. The van der Waals surface area contributed by atoms with Gasteiger partial charge in [-0.25, -0.2) is 4.79 Å². The summed E-state index contributed by atoms with van der Waals surface area (Å²) in [5.74, 6) is -2.40. The highest BCUT2D eigenvalue weighted by Crippen LogP contribution is 2.30. The Kier molecular flexibility index (Phi) is 4.64. The van der Waals surface area contributed by atoms with Gasteiger partial charge in [0.15, 0.2) is 0 Å². The maximum atomic E-state index is 12.2. The lowest BCUT2D eigenvalue weighted by Gasteiger charge is -2.35. The number of halogens is 3. The smallest absolute Gasteiger partial charge is 0.397 e. The van der Waals surface area contributed by atoms with E-state index in [9.17, 15) is 18.0 Å². The van der Waals surface area contributed by atoms with Crippen LogP contribution in [0.15, 0.2) is 6.20 Å². The first-order valence-corrected chi connectivity index (χ1v) is 6.88. The number of H-pyrrole nitrogens is 1. The van der Waals surface area contributed by atoms with Gasteiger partial charge in [-0.3, -0.25) is 5.10 Å². The lowest BCUT2D eigenvalue weighted by molar-refractivity contribution is -0.189. The van der Waals surface area contributed by atoms with E-state index in [2.05, 4.69) is 20.3 Å². The standard InChI is InChI=1S/C13H18F3N3O3/c1-12(2)5-8(3-4-21-12)6-17-9-7-18-19-10(9)22-11(20)13(14,15)16/h7-8,17H,3-6H2,1-2H3,(H,18,19)/t8-/m0/s1. The average molecular weight is 321 g/mol. The normalized spacial score (nSPS) is 21.4. The van der Waals surface area contributed by atoms with Crippen molar-refractivity contribution in [3.05, 3.63) is 6.20 Å². The number of carbonyl (C=O) groups excluding carboxylic acids is 1. The van der Waals surface area contributed by atoms with Gasteiger partial charge in [-0.05, 0) is 32.6 Å². The molecule has 2 heterocycles. The molecule has 0 aliphatic carbocycles. The average Bonchev–Trinajstić information content (AvgIpc) is 2.81. The van der Waals surface area contributed by atoms with Crippen LogP contribution in [0, 0.1) is 5.92 Å². The summed E-state index contributed by atoms with van der Waals surface area (Å²) in [7, 11) is 0. The van der Waals surface area contributed by atoms with Crippen LogP contribution in [-0.2, 0) is 9.53 Å². The number of nitrogens with zero attached hydrogens (tertiary/aromatic N) is 1. The van der Waals surface area contributed by atoms with Crippen molar-refractivity contribution in [3.63, 3.8) is 0 Å². The third-order valence-electron chi connectivity index (χ3n) is 3.41. The molecule has 9 heteroatoms. The number of aromatic nitrogens is 2. The molecule has 0 amide bonds. The van der Waals surface area contributed by atoms with E-state index in [1.165, 1.54) is 6.20 Å². The van der Waals surface area contributed by atoms with Crippen LogP contribution in [0.3, 0.4) is 0 Å². The number of hydrogen-bond donors (Lipinski definition) is 2. The van der Waals surface area contributed by atoms with E-state index in [-0.39, 0.29) is 11.3 Å².